The van der Waals surface area contributed by atoms with E-state index in [1.165, 1.54) is 11.3 Å². The highest BCUT2D eigenvalue weighted by atomic mass is 32.1. The van der Waals surface area contributed by atoms with Crippen LogP contribution in [-0.2, 0) is 16.1 Å². The van der Waals surface area contributed by atoms with E-state index in [1.807, 2.05) is 40.7 Å². The van der Waals surface area contributed by atoms with E-state index in [1.54, 1.807) is 6.20 Å². The van der Waals surface area contributed by atoms with Gasteiger partial charge in [-0.15, -0.1) is 11.3 Å². The first-order valence-corrected chi connectivity index (χ1v) is 9.59. The van der Waals surface area contributed by atoms with Crippen molar-refractivity contribution in [3.05, 3.63) is 52.5 Å². The van der Waals surface area contributed by atoms with E-state index in [9.17, 15) is 4.79 Å². The summed E-state index contributed by atoms with van der Waals surface area (Å²) in [6.07, 6.45) is 6.41. The summed E-state index contributed by atoms with van der Waals surface area (Å²) in [5, 5.41) is 1.95. The molecule has 4 heterocycles. The number of piperidine rings is 1. The molecule has 0 radical (unpaired) electrons. The molecule has 132 valence electrons. The molecule has 25 heavy (non-hydrogen) atoms. The Hall–Kier alpha value is -1.76. The average Bonchev–Trinajstić information content (AvgIpc) is 3.32. The number of hydrogen-bond acceptors (Lipinski definition) is 5. The summed E-state index contributed by atoms with van der Waals surface area (Å²) in [5.74, 6) is 0.146. The lowest BCUT2D eigenvalue weighted by molar-refractivity contribution is -0.0411. The zero-order chi connectivity index (χ0) is 17.1. The second-order valence-corrected chi connectivity index (χ2v) is 7.71. The number of pyridine rings is 1. The normalized spacial score (nSPS) is 22.4. The van der Waals surface area contributed by atoms with Crippen LogP contribution in [0.5, 0.6) is 0 Å². The Balaban J connectivity index is 1.28. The smallest absolute Gasteiger partial charge is 0.263 e. The second-order valence-electron chi connectivity index (χ2n) is 6.76. The number of carbonyl (C=O) groups is 1. The summed E-state index contributed by atoms with van der Waals surface area (Å²) >= 11 is 1.51. The quantitative estimate of drug-likeness (QED) is 0.843. The Labute approximate surface area is 151 Å². The summed E-state index contributed by atoms with van der Waals surface area (Å²) in [7, 11) is 0. The van der Waals surface area contributed by atoms with Crippen molar-refractivity contribution in [2.45, 2.75) is 37.6 Å². The van der Waals surface area contributed by atoms with Crippen molar-refractivity contribution < 1.29 is 14.3 Å². The van der Waals surface area contributed by atoms with Crippen LogP contribution in [0.15, 0.2) is 42.0 Å². The zero-order valence-corrected chi connectivity index (χ0v) is 14.9. The van der Waals surface area contributed by atoms with Crippen molar-refractivity contribution in [3.63, 3.8) is 0 Å². The molecule has 1 atom stereocenters. The summed E-state index contributed by atoms with van der Waals surface area (Å²) in [6.45, 7) is 2.72. The molecular weight excluding hydrogens is 336 g/mol. The lowest BCUT2D eigenvalue weighted by Gasteiger charge is -2.38. The van der Waals surface area contributed by atoms with E-state index in [-0.39, 0.29) is 17.6 Å². The standard InChI is InChI=1S/C19H22N2O3S/c22-18(17-4-2-10-25-17)21-8-5-19(6-9-21)11-16(14-24-19)23-13-15-3-1-7-20-12-15/h1-4,7,10,12,16H,5-6,8-9,11,13-14H2/t16-/m0/s1. The maximum atomic E-state index is 12.5. The van der Waals surface area contributed by atoms with Gasteiger partial charge in [0.2, 0.25) is 0 Å². The molecule has 0 N–H and O–H groups in total. The minimum absolute atomic E-state index is 0.119. The number of nitrogens with zero attached hydrogens (tertiary/aromatic N) is 2. The van der Waals surface area contributed by atoms with Gasteiger partial charge in [-0.2, -0.15) is 0 Å². The maximum absolute atomic E-state index is 12.5. The first kappa shape index (κ1) is 16.7. The number of ether oxygens (including phenoxy) is 2. The van der Waals surface area contributed by atoms with Crippen LogP contribution in [0.1, 0.15) is 34.5 Å². The number of amides is 1. The fourth-order valence-corrected chi connectivity index (χ4v) is 4.32. The number of thiophene rings is 1. The summed E-state index contributed by atoms with van der Waals surface area (Å²) in [5.41, 5.74) is 0.964. The zero-order valence-electron chi connectivity index (χ0n) is 14.1. The highest BCUT2D eigenvalue weighted by Gasteiger charge is 2.44. The molecule has 2 aliphatic heterocycles. The van der Waals surface area contributed by atoms with Crippen LogP contribution in [0.25, 0.3) is 0 Å². The van der Waals surface area contributed by atoms with Crippen LogP contribution < -0.4 is 0 Å². The van der Waals surface area contributed by atoms with Gasteiger partial charge in [0, 0.05) is 31.9 Å². The summed E-state index contributed by atoms with van der Waals surface area (Å²) < 4.78 is 12.1. The topological polar surface area (TPSA) is 51.7 Å². The van der Waals surface area contributed by atoms with Crippen LogP contribution in [0.2, 0.25) is 0 Å². The monoisotopic (exact) mass is 358 g/mol. The van der Waals surface area contributed by atoms with E-state index in [0.29, 0.717) is 13.2 Å². The van der Waals surface area contributed by atoms with Gasteiger partial charge in [0.15, 0.2) is 0 Å². The molecule has 1 amide bonds. The third-order valence-corrected chi connectivity index (χ3v) is 5.94. The molecule has 0 aliphatic carbocycles. The molecule has 4 rings (SSSR count). The number of carbonyl (C=O) groups excluding carboxylic acids is 1. The molecule has 2 aromatic heterocycles. The first-order valence-electron chi connectivity index (χ1n) is 8.71. The van der Waals surface area contributed by atoms with E-state index in [2.05, 4.69) is 4.98 Å². The Bertz CT molecular complexity index is 697. The minimum atomic E-state index is -0.119. The van der Waals surface area contributed by atoms with Gasteiger partial charge >= 0.3 is 0 Å². The maximum Gasteiger partial charge on any atom is 0.263 e. The van der Waals surface area contributed by atoms with Crippen LogP contribution in [-0.4, -0.2) is 47.2 Å². The van der Waals surface area contributed by atoms with Crippen LogP contribution in [0.3, 0.4) is 0 Å². The molecule has 2 saturated heterocycles. The van der Waals surface area contributed by atoms with Gasteiger partial charge in [-0.3, -0.25) is 9.78 Å². The minimum Gasteiger partial charge on any atom is -0.372 e. The predicted octanol–water partition coefficient (Wildman–Crippen LogP) is 3.12. The fraction of sp³-hybridized carbons (Fsp3) is 0.474. The highest BCUT2D eigenvalue weighted by Crippen LogP contribution is 2.37. The number of hydrogen-bond donors (Lipinski definition) is 0. The van der Waals surface area contributed by atoms with E-state index in [4.69, 9.17) is 9.47 Å². The number of likely N-dealkylation sites (tertiary alicyclic amines) is 1. The third kappa shape index (κ3) is 3.76. The van der Waals surface area contributed by atoms with Crippen molar-refractivity contribution in [1.29, 1.82) is 0 Å². The largest absolute Gasteiger partial charge is 0.372 e. The van der Waals surface area contributed by atoms with E-state index < -0.39 is 0 Å². The van der Waals surface area contributed by atoms with Crippen LogP contribution in [0.4, 0.5) is 0 Å². The van der Waals surface area contributed by atoms with Gasteiger partial charge in [0.1, 0.15) is 0 Å². The molecule has 0 aromatic carbocycles. The number of rotatable bonds is 4. The van der Waals surface area contributed by atoms with Gasteiger partial charge in [-0.25, -0.2) is 0 Å². The van der Waals surface area contributed by atoms with E-state index in [0.717, 1.165) is 42.8 Å². The van der Waals surface area contributed by atoms with Crippen molar-refractivity contribution in [2.24, 2.45) is 0 Å². The molecule has 2 aromatic rings. The van der Waals surface area contributed by atoms with Gasteiger partial charge in [-0.1, -0.05) is 12.1 Å². The van der Waals surface area contributed by atoms with Gasteiger partial charge in [-0.05, 0) is 35.9 Å². The van der Waals surface area contributed by atoms with Crippen molar-refractivity contribution in [1.82, 2.24) is 9.88 Å². The Morgan fingerprint density at radius 1 is 1.36 bits per heavy atom. The molecule has 5 nitrogen and oxygen atoms in total. The molecule has 0 unspecified atom stereocenters. The van der Waals surface area contributed by atoms with Crippen molar-refractivity contribution >= 4 is 17.2 Å². The summed E-state index contributed by atoms with van der Waals surface area (Å²) in [4.78, 5) is 19.3. The van der Waals surface area contributed by atoms with Gasteiger partial charge in [0.05, 0.1) is 29.8 Å². The molecule has 1 spiro atoms. The predicted molar refractivity (Wildman–Crippen MR) is 95.6 cm³/mol. The molecule has 2 fully saturated rings. The molecule has 6 heteroatoms. The molecule has 0 bridgehead atoms. The highest BCUT2D eigenvalue weighted by molar-refractivity contribution is 7.12. The lowest BCUT2D eigenvalue weighted by Crippen LogP contribution is -2.46. The second kappa shape index (κ2) is 7.23. The molecular formula is C19H22N2O3S. The fourth-order valence-electron chi connectivity index (χ4n) is 3.63. The number of aromatic nitrogens is 1. The van der Waals surface area contributed by atoms with E-state index >= 15 is 0 Å². The summed E-state index contributed by atoms with van der Waals surface area (Å²) in [6, 6.07) is 7.76. The van der Waals surface area contributed by atoms with Crippen LogP contribution in [0, 0.1) is 0 Å². The average molecular weight is 358 g/mol. The Morgan fingerprint density at radius 3 is 2.96 bits per heavy atom. The van der Waals surface area contributed by atoms with Crippen molar-refractivity contribution in [3.8, 4) is 0 Å². The first-order chi connectivity index (χ1) is 12.2. The molecule has 0 saturated carbocycles. The third-order valence-electron chi connectivity index (χ3n) is 5.08. The van der Waals surface area contributed by atoms with Crippen molar-refractivity contribution in [2.75, 3.05) is 19.7 Å². The Kier molecular flexibility index (Phi) is 4.83. The lowest BCUT2D eigenvalue weighted by atomic mass is 9.88. The molecule has 2 aliphatic rings. The van der Waals surface area contributed by atoms with Gasteiger partial charge < -0.3 is 14.4 Å². The Morgan fingerprint density at radius 2 is 2.24 bits per heavy atom. The van der Waals surface area contributed by atoms with Gasteiger partial charge in [0.25, 0.3) is 5.91 Å². The SMILES string of the molecule is O=C(c1cccs1)N1CCC2(CC1)C[C@H](OCc1cccnc1)CO2. The van der Waals surface area contributed by atoms with Crippen LogP contribution >= 0.6 is 11.3 Å².